The van der Waals surface area contributed by atoms with Gasteiger partial charge >= 0.3 is 9.28 Å². The van der Waals surface area contributed by atoms with Crippen molar-refractivity contribution < 1.29 is 8.85 Å². The van der Waals surface area contributed by atoms with Crippen molar-refractivity contribution in [2.24, 2.45) is 5.73 Å². The highest BCUT2D eigenvalue weighted by Gasteiger charge is 2.17. The zero-order valence-electron chi connectivity index (χ0n) is 7.37. The molecule has 0 aliphatic carbocycles. The number of rotatable bonds is 5. The standard InChI is InChI=1S/C6H17NO2Si.ClH/c1-6(4-5-7)10(8-2)9-3;/h6,10H,4-5,7H2,1-3H3;1H. The Labute approximate surface area is 76.5 Å². The Balaban J connectivity index is 0. The zero-order valence-corrected chi connectivity index (χ0v) is 9.34. The molecule has 0 saturated carbocycles. The Hall–Kier alpha value is 0.387. The van der Waals surface area contributed by atoms with E-state index in [1.54, 1.807) is 14.2 Å². The lowest BCUT2D eigenvalue weighted by Gasteiger charge is -2.17. The van der Waals surface area contributed by atoms with Crippen LogP contribution in [-0.2, 0) is 8.85 Å². The van der Waals surface area contributed by atoms with Gasteiger partial charge in [-0.25, -0.2) is 0 Å². The molecule has 0 aromatic heterocycles. The third kappa shape index (κ3) is 5.63. The predicted molar refractivity (Wildman–Crippen MR) is 51.5 cm³/mol. The van der Waals surface area contributed by atoms with Crippen LogP contribution in [0, 0.1) is 0 Å². The van der Waals surface area contributed by atoms with E-state index in [0.717, 1.165) is 13.0 Å². The molecule has 3 nitrogen and oxygen atoms in total. The molecule has 0 saturated heterocycles. The van der Waals surface area contributed by atoms with Crippen molar-refractivity contribution in [3.05, 3.63) is 0 Å². The smallest absolute Gasteiger partial charge is 0.323 e. The molecule has 11 heavy (non-hydrogen) atoms. The fourth-order valence-corrected chi connectivity index (χ4v) is 2.55. The van der Waals surface area contributed by atoms with E-state index in [0.29, 0.717) is 5.54 Å². The molecule has 5 heteroatoms. The molecule has 0 spiro atoms. The number of nitrogens with two attached hydrogens (primary N) is 1. The topological polar surface area (TPSA) is 44.5 Å². The summed E-state index contributed by atoms with van der Waals surface area (Å²) in [6.45, 7) is 2.84. The van der Waals surface area contributed by atoms with Crippen LogP contribution < -0.4 is 5.73 Å². The van der Waals surface area contributed by atoms with E-state index in [4.69, 9.17) is 14.6 Å². The highest BCUT2D eigenvalue weighted by Crippen LogP contribution is 2.13. The first-order valence-corrected chi connectivity index (χ1v) is 5.12. The molecule has 0 aromatic rings. The van der Waals surface area contributed by atoms with Crippen molar-refractivity contribution >= 4 is 21.7 Å². The molecular formula is C6H18ClNO2Si. The second-order valence-corrected chi connectivity index (χ2v) is 5.21. The summed E-state index contributed by atoms with van der Waals surface area (Å²) in [7, 11) is 2.02. The molecular weight excluding hydrogens is 182 g/mol. The first kappa shape index (κ1) is 13.9. The predicted octanol–water partition coefficient (Wildman–Crippen LogP) is 0.660. The van der Waals surface area contributed by atoms with E-state index >= 15 is 0 Å². The summed E-state index contributed by atoms with van der Waals surface area (Å²) in [6.07, 6.45) is 0.999. The van der Waals surface area contributed by atoms with E-state index in [-0.39, 0.29) is 12.4 Å². The SMILES string of the molecule is CO[SiH](OC)C(C)CCN.Cl. The highest BCUT2D eigenvalue weighted by atomic mass is 35.5. The third-order valence-electron chi connectivity index (χ3n) is 1.55. The van der Waals surface area contributed by atoms with Gasteiger partial charge in [0.25, 0.3) is 0 Å². The van der Waals surface area contributed by atoms with E-state index in [2.05, 4.69) is 6.92 Å². The van der Waals surface area contributed by atoms with Crippen molar-refractivity contribution in [2.45, 2.75) is 18.9 Å². The van der Waals surface area contributed by atoms with E-state index < -0.39 is 9.28 Å². The zero-order chi connectivity index (χ0) is 7.98. The molecule has 0 aromatic carbocycles. The Bertz CT molecular complexity index is 83.0. The average molecular weight is 200 g/mol. The van der Waals surface area contributed by atoms with Gasteiger partial charge in [-0.05, 0) is 18.5 Å². The minimum absolute atomic E-state index is 0. The van der Waals surface area contributed by atoms with Crippen LogP contribution in [0.3, 0.4) is 0 Å². The van der Waals surface area contributed by atoms with Crippen molar-refractivity contribution in [3.63, 3.8) is 0 Å². The molecule has 0 radical (unpaired) electrons. The molecule has 0 heterocycles. The molecule has 1 atom stereocenters. The molecule has 0 aliphatic rings. The summed E-state index contributed by atoms with van der Waals surface area (Å²) < 4.78 is 10.3. The monoisotopic (exact) mass is 199 g/mol. The second kappa shape index (κ2) is 8.48. The van der Waals surface area contributed by atoms with Crippen LogP contribution in [0.25, 0.3) is 0 Å². The highest BCUT2D eigenvalue weighted by molar-refractivity contribution is 6.46. The van der Waals surface area contributed by atoms with Gasteiger partial charge in [-0.1, -0.05) is 6.92 Å². The molecule has 0 rings (SSSR count). The number of hydrogen-bond acceptors (Lipinski definition) is 3. The minimum Gasteiger partial charge on any atom is -0.400 e. The van der Waals surface area contributed by atoms with Gasteiger partial charge in [-0.3, -0.25) is 0 Å². The van der Waals surface area contributed by atoms with Gasteiger partial charge in [-0.15, -0.1) is 12.4 Å². The normalized spacial score (nSPS) is 12.8. The molecule has 2 N–H and O–H groups in total. The van der Waals surface area contributed by atoms with Crippen LogP contribution >= 0.6 is 12.4 Å². The fourth-order valence-electron chi connectivity index (χ4n) is 0.960. The first-order valence-electron chi connectivity index (χ1n) is 3.52. The summed E-state index contributed by atoms with van der Waals surface area (Å²) in [4.78, 5) is 0. The molecule has 70 valence electrons. The second-order valence-electron chi connectivity index (χ2n) is 2.39. The van der Waals surface area contributed by atoms with Crippen molar-refractivity contribution in [1.82, 2.24) is 0 Å². The molecule has 0 aliphatic heterocycles. The van der Waals surface area contributed by atoms with Gasteiger partial charge in [0.2, 0.25) is 0 Å². The molecule has 0 fully saturated rings. The van der Waals surface area contributed by atoms with E-state index in [9.17, 15) is 0 Å². The Morgan fingerprint density at radius 1 is 1.36 bits per heavy atom. The minimum atomic E-state index is -1.38. The Morgan fingerprint density at radius 3 is 2.09 bits per heavy atom. The van der Waals surface area contributed by atoms with Crippen LogP contribution in [0.2, 0.25) is 5.54 Å². The summed E-state index contributed by atoms with van der Waals surface area (Å²) >= 11 is 0. The van der Waals surface area contributed by atoms with Crippen LogP contribution in [0.15, 0.2) is 0 Å². The van der Waals surface area contributed by atoms with Crippen LogP contribution in [-0.4, -0.2) is 30.0 Å². The summed E-state index contributed by atoms with van der Waals surface area (Å²) in [6, 6.07) is 0. The van der Waals surface area contributed by atoms with Gasteiger partial charge in [0.05, 0.1) is 0 Å². The maximum atomic E-state index is 5.39. The molecule has 1 unspecified atom stereocenters. The summed E-state index contributed by atoms with van der Waals surface area (Å²) in [5.41, 5.74) is 5.90. The third-order valence-corrected chi connectivity index (χ3v) is 3.74. The van der Waals surface area contributed by atoms with E-state index in [1.165, 1.54) is 0 Å². The van der Waals surface area contributed by atoms with Gasteiger partial charge in [0.15, 0.2) is 0 Å². The fraction of sp³-hybridized carbons (Fsp3) is 1.00. The van der Waals surface area contributed by atoms with Gasteiger partial charge in [0.1, 0.15) is 0 Å². The van der Waals surface area contributed by atoms with Crippen molar-refractivity contribution in [1.29, 1.82) is 0 Å². The lowest BCUT2D eigenvalue weighted by atomic mass is 10.3. The first-order chi connectivity index (χ1) is 4.76. The van der Waals surface area contributed by atoms with Gasteiger partial charge in [0, 0.05) is 14.2 Å². The Kier molecular flexibility index (Phi) is 10.8. The Morgan fingerprint density at radius 2 is 1.82 bits per heavy atom. The van der Waals surface area contributed by atoms with E-state index in [1.807, 2.05) is 0 Å². The number of halogens is 1. The maximum Gasteiger partial charge on any atom is 0.323 e. The van der Waals surface area contributed by atoms with Crippen LogP contribution in [0.4, 0.5) is 0 Å². The quantitative estimate of drug-likeness (QED) is 0.662. The lowest BCUT2D eigenvalue weighted by molar-refractivity contribution is 0.265. The molecule has 0 amide bonds. The van der Waals surface area contributed by atoms with Gasteiger partial charge < -0.3 is 14.6 Å². The summed E-state index contributed by atoms with van der Waals surface area (Å²) in [5.74, 6) is 0. The number of hydrogen-bond donors (Lipinski definition) is 1. The average Bonchev–Trinajstić information content (AvgIpc) is 1.91. The van der Waals surface area contributed by atoms with Crippen molar-refractivity contribution in [3.8, 4) is 0 Å². The largest absolute Gasteiger partial charge is 0.400 e. The molecule has 0 bridgehead atoms. The van der Waals surface area contributed by atoms with Crippen LogP contribution in [0.1, 0.15) is 13.3 Å². The van der Waals surface area contributed by atoms with Crippen LogP contribution in [0.5, 0.6) is 0 Å². The van der Waals surface area contributed by atoms with Crippen molar-refractivity contribution in [2.75, 3.05) is 20.8 Å². The lowest BCUT2D eigenvalue weighted by Crippen LogP contribution is -2.26. The summed E-state index contributed by atoms with van der Waals surface area (Å²) in [5, 5.41) is 0. The van der Waals surface area contributed by atoms with Gasteiger partial charge in [-0.2, -0.15) is 0 Å². The maximum absolute atomic E-state index is 5.39.